The van der Waals surface area contributed by atoms with Gasteiger partial charge in [-0.25, -0.2) is 8.42 Å². The van der Waals surface area contributed by atoms with Crippen molar-refractivity contribution in [3.05, 3.63) is 39.7 Å². The first-order chi connectivity index (χ1) is 9.87. The summed E-state index contributed by atoms with van der Waals surface area (Å²) in [5.41, 5.74) is 6.82. The Morgan fingerprint density at radius 1 is 1.38 bits per heavy atom. The number of halogens is 1. The van der Waals surface area contributed by atoms with E-state index in [1.54, 1.807) is 18.2 Å². The summed E-state index contributed by atoms with van der Waals surface area (Å²) in [6, 6.07) is 6.31. The number of hydrogen-bond acceptors (Lipinski definition) is 5. The molecule has 21 heavy (non-hydrogen) atoms. The number of benzene rings is 1. The molecule has 0 bridgehead atoms. The molecule has 0 saturated heterocycles. The lowest BCUT2D eigenvalue weighted by Gasteiger charge is -2.08. The highest BCUT2D eigenvalue weighted by molar-refractivity contribution is 7.94. The molecule has 114 valence electrons. The summed E-state index contributed by atoms with van der Waals surface area (Å²) in [5.74, 6) is 0.483. The average Bonchev–Trinajstić information content (AvgIpc) is 2.80. The van der Waals surface area contributed by atoms with Crippen LogP contribution in [0.3, 0.4) is 0 Å². The largest absolute Gasteiger partial charge is 0.495 e. The van der Waals surface area contributed by atoms with Crippen molar-refractivity contribution >= 4 is 38.6 Å². The summed E-state index contributed by atoms with van der Waals surface area (Å²) >= 11 is 7.15. The minimum absolute atomic E-state index is 0.229. The van der Waals surface area contributed by atoms with E-state index in [-0.39, 0.29) is 4.21 Å². The molecule has 1 heterocycles. The quantitative estimate of drug-likeness (QED) is 0.872. The normalized spacial score (nSPS) is 11.4. The highest BCUT2D eigenvalue weighted by atomic mass is 35.5. The molecular weight excluding hydrogens is 332 g/mol. The molecule has 0 aliphatic carbocycles. The second-order valence-electron chi connectivity index (χ2n) is 4.33. The fourth-order valence-electron chi connectivity index (χ4n) is 1.76. The number of nitrogens with two attached hydrogens (primary N) is 1. The van der Waals surface area contributed by atoms with E-state index in [1.165, 1.54) is 13.2 Å². The number of anilines is 1. The Hall–Kier alpha value is -1.28. The molecule has 3 N–H and O–H groups in total. The lowest BCUT2D eigenvalue weighted by Crippen LogP contribution is -2.11. The molecule has 0 aliphatic rings. The van der Waals surface area contributed by atoms with E-state index >= 15 is 0 Å². The van der Waals surface area contributed by atoms with Gasteiger partial charge in [0, 0.05) is 11.4 Å². The summed E-state index contributed by atoms with van der Waals surface area (Å²) in [5, 5.41) is 0.336. The zero-order chi connectivity index (χ0) is 15.6. The number of methoxy groups -OCH3 is 1. The molecule has 5 nitrogen and oxygen atoms in total. The number of ether oxygens (including phenoxy) is 1. The van der Waals surface area contributed by atoms with Gasteiger partial charge in [-0.1, -0.05) is 11.6 Å². The molecule has 0 amide bonds. The zero-order valence-electron chi connectivity index (χ0n) is 11.5. The van der Waals surface area contributed by atoms with Crippen LogP contribution in [0.4, 0.5) is 5.69 Å². The molecule has 2 rings (SSSR count). The van der Waals surface area contributed by atoms with E-state index in [1.807, 2.05) is 6.92 Å². The summed E-state index contributed by atoms with van der Waals surface area (Å²) in [6.07, 6.45) is 0. The Balaban J connectivity index is 2.30. The van der Waals surface area contributed by atoms with E-state index in [9.17, 15) is 8.42 Å². The summed E-state index contributed by atoms with van der Waals surface area (Å²) in [6.45, 7) is 2.16. The lowest BCUT2D eigenvalue weighted by molar-refractivity contribution is 0.415. The van der Waals surface area contributed by atoms with Crippen molar-refractivity contribution in [3.8, 4) is 5.75 Å². The van der Waals surface area contributed by atoms with Gasteiger partial charge in [-0.2, -0.15) is 0 Å². The van der Waals surface area contributed by atoms with Gasteiger partial charge in [0.25, 0.3) is 10.0 Å². The van der Waals surface area contributed by atoms with Crippen LogP contribution < -0.4 is 15.2 Å². The summed E-state index contributed by atoms with van der Waals surface area (Å²) < 4.78 is 32.4. The van der Waals surface area contributed by atoms with Crippen LogP contribution in [0, 0.1) is 6.92 Å². The molecule has 1 aromatic carbocycles. The van der Waals surface area contributed by atoms with Crippen LogP contribution >= 0.6 is 22.9 Å². The van der Waals surface area contributed by atoms with Gasteiger partial charge in [-0.15, -0.1) is 11.3 Å². The van der Waals surface area contributed by atoms with Gasteiger partial charge in [-0.05, 0) is 36.8 Å². The Kier molecular flexibility index (Phi) is 4.77. The number of sulfonamides is 1. The second-order valence-corrected chi connectivity index (χ2v) is 7.78. The number of hydrogen-bond donors (Lipinski definition) is 2. The van der Waals surface area contributed by atoms with E-state index in [4.69, 9.17) is 22.1 Å². The maximum atomic E-state index is 12.3. The minimum Gasteiger partial charge on any atom is -0.495 e. The van der Waals surface area contributed by atoms with Gasteiger partial charge in [0.2, 0.25) is 0 Å². The molecule has 8 heteroatoms. The van der Waals surface area contributed by atoms with Crippen molar-refractivity contribution in [3.63, 3.8) is 0 Å². The van der Waals surface area contributed by atoms with Crippen molar-refractivity contribution in [2.75, 3.05) is 11.8 Å². The van der Waals surface area contributed by atoms with Gasteiger partial charge in [0.1, 0.15) is 9.96 Å². The van der Waals surface area contributed by atoms with Crippen LogP contribution in [0.15, 0.2) is 28.5 Å². The third kappa shape index (κ3) is 3.49. The van der Waals surface area contributed by atoms with Crippen molar-refractivity contribution in [1.29, 1.82) is 0 Å². The molecule has 0 fully saturated rings. The van der Waals surface area contributed by atoms with Crippen LogP contribution in [-0.2, 0) is 16.6 Å². The van der Waals surface area contributed by atoms with E-state index in [2.05, 4.69) is 4.72 Å². The molecule has 0 unspecified atom stereocenters. The van der Waals surface area contributed by atoms with Crippen LogP contribution in [-0.4, -0.2) is 15.5 Å². The molecule has 0 saturated carbocycles. The Bertz CT molecular complexity index is 757. The Morgan fingerprint density at radius 3 is 2.62 bits per heavy atom. The predicted molar refractivity (Wildman–Crippen MR) is 85.8 cm³/mol. The standard InChI is InChI=1S/C13H15ClN2O3S2/c1-8-5-13(20-12(8)7-15)21(17,18)16-9-3-4-11(19-2)10(14)6-9/h3-6,16H,7,15H2,1-2H3. The number of nitrogens with one attached hydrogen (secondary N) is 1. The van der Waals surface area contributed by atoms with Crippen molar-refractivity contribution in [2.24, 2.45) is 5.73 Å². The maximum Gasteiger partial charge on any atom is 0.271 e. The summed E-state index contributed by atoms with van der Waals surface area (Å²) in [7, 11) is -2.15. The molecule has 0 spiro atoms. The first-order valence-electron chi connectivity index (χ1n) is 6.03. The third-order valence-corrected chi connectivity index (χ3v) is 6.26. The maximum absolute atomic E-state index is 12.3. The van der Waals surface area contributed by atoms with E-state index < -0.39 is 10.0 Å². The second kappa shape index (κ2) is 6.23. The predicted octanol–water partition coefficient (Wildman–Crippen LogP) is 2.98. The third-order valence-electron chi connectivity index (χ3n) is 2.85. The molecule has 2 aromatic rings. The van der Waals surface area contributed by atoms with Crippen molar-refractivity contribution in [1.82, 2.24) is 0 Å². The Morgan fingerprint density at radius 2 is 2.10 bits per heavy atom. The number of thiophene rings is 1. The smallest absolute Gasteiger partial charge is 0.271 e. The monoisotopic (exact) mass is 346 g/mol. The fourth-order valence-corrected chi connectivity index (χ4v) is 4.53. The van der Waals surface area contributed by atoms with Gasteiger partial charge in [-0.3, -0.25) is 4.72 Å². The first-order valence-corrected chi connectivity index (χ1v) is 8.71. The number of aryl methyl sites for hydroxylation is 1. The topological polar surface area (TPSA) is 81.4 Å². The van der Waals surface area contributed by atoms with Gasteiger partial charge in [0.05, 0.1) is 17.8 Å². The van der Waals surface area contributed by atoms with Gasteiger partial charge < -0.3 is 10.5 Å². The van der Waals surface area contributed by atoms with E-state index in [0.717, 1.165) is 21.8 Å². The van der Waals surface area contributed by atoms with Crippen LogP contribution in [0.5, 0.6) is 5.75 Å². The molecule has 0 aliphatic heterocycles. The minimum atomic E-state index is -3.65. The molecular formula is C13H15ClN2O3S2. The van der Waals surface area contributed by atoms with Gasteiger partial charge >= 0.3 is 0 Å². The first kappa shape index (κ1) is 16.1. The SMILES string of the molecule is COc1ccc(NS(=O)(=O)c2cc(C)c(CN)s2)cc1Cl. The fraction of sp³-hybridized carbons (Fsp3) is 0.231. The Labute approximate surface area is 132 Å². The van der Waals surface area contributed by atoms with Crippen molar-refractivity contribution < 1.29 is 13.2 Å². The zero-order valence-corrected chi connectivity index (χ0v) is 13.9. The highest BCUT2D eigenvalue weighted by Crippen LogP contribution is 2.30. The molecule has 1 aromatic heterocycles. The molecule has 0 radical (unpaired) electrons. The summed E-state index contributed by atoms with van der Waals surface area (Å²) in [4.78, 5) is 0.850. The number of rotatable bonds is 5. The average molecular weight is 347 g/mol. The highest BCUT2D eigenvalue weighted by Gasteiger charge is 2.19. The lowest BCUT2D eigenvalue weighted by atomic mass is 10.3. The van der Waals surface area contributed by atoms with Gasteiger partial charge in [0.15, 0.2) is 0 Å². The van der Waals surface area contributed by atoms with Crippen LogP contribution in [0.1, 0.15) is 10.4 Å². The van der Waals surface area contributed by atoms with Crippen molar-refractivity contribution in [2.45, 2.75) is 17.7 Å². The van der Waals surface area contributed by atoms with Crippen LogP contribution in [0.2, 0.25) is 5.02 Å². The van der Waals surface area contributed by atoms with Crippen LogP contribution in [0.25, 0.3) is 0 Å². The van der Waals surface area contributed by atoms with E-state index in [0.29, 0.717) is 23.0 Å². The molecule has 0 atom stereocenters.